The van der Waals surface area contributed by atoms with Gasteiger partial charge in [0.05, 0.1) is 6.04 Å². The van der Waals surface area contributed by atoms with Crippen molar-refractivity contribution in [2.45, 2.75) is 19.4 Å². The molecule has 6 heteroatoms. The Morgan fingerprint density at radius 1 is 1.14 bits per heavy atom. The minimum Gasteiger partial charge on any atom is -0.361 e. The average molecular weight is 374 g/mol. The first kappa shape index (κ1) is 16.7. The Kier molecular flexibility index (Phi) is 3.79. The zero-order valence-corrected chi connectivity index (χ0v) is 15.4. The number of carbonyl (C=O) groups excluding carboxylic acids is 1. The van der Waals surface area contributed by atoms with Crippen LogP contribution in [0.4, 0.5) is 4.39 Å². The van der Waals surface area contributed by atoms with E-state index in [1.807, 2.05) is 31.3 Å². The van der Waals surface area contributed by atoms with Crippen molar-refractivity contribution in [3.63, 3.8) is 0 Å². The number of rotatable bonds is 4. The lowest BCUT2D eigenvalue weighted by atomic mass is 9.98. The molecule has 0 saturated heterocycles. The quantitative estimate of drug-likeness (QED) is 0.564. The Morgan fingerprint density at radius 2 is 1.93 bits per heavy atom. The molecule has 0 bridgehead atoms. The van der Waals surface area contributed by atoms with Gasteiger partial charge >= 0.3 is 0 Å². The van der Waals surface area contributed by atoms with E-state index in [4.69, 9.17) is 0 Å². The van der Waals surface area contributed by atoms with E-state index in [0.717, 1.165) is 27.7 Å². The van der Waals surface area contributed by atoms with Gasteiger partial charge in [0.2, 0.25) is 0 Å². The number of hydrogen-bond acceptors (Lipinski definition) is 2. The number of aryl methyl sites for hydroxylation is 1. The van der Waals surface area contributed by atoms with Crippen molar-refractivity contribution in [1.82, 2.24) is 20.1 Å². The smallest absolute Gasteiger partial charge is 0.275 e. The van der Waals surface area contributed by atoms with Gasteiger partial charge in [-0.3, -0.25) is 9.89 Å². The van der Waals surface area contributed by atoms with Gasteiger partial charge in [0.1, 0.15) is 5.82 Å². The highest BCUT2D eigenvalue weighted by atomic mass is 19.1. The summed E-state index contributed by atoms with van der Waals surface area (Å²) in [5.41, 5.74) is 4.67. The summed E-state index contributed by atoms with van der Waals surface area (Å²) in [5.74, 6) is -0.474. The molecule has 1 atom stereocenters. The van der Waals surface area contributed by atoms with Crippen LogP contribution in [-0.2, 0) is 6.42 Å². The normalized spacial score (nSPS) is 16.1. The van der Waals surface area contributed by atoms with Crippen LogP contribution >= 0.6 is 0 Å². The van der Waals surface area contributed by atoms with Gasteiger partial charge in [0, 0.05) is 40.5 Å². The van der Waals surface area contributed by atoms with Gasteiger partial charge in [-0.1, -0.05) is 36.4 Å². The van der Waals surface area contributed by atoms with Crippen LogP contribution in [0.25, 0.3) is 10.9 Å². The Bertz CT molecular complexity index is 1190. The summed E-state index contributed by atoms with van der Waals surface area (Å²) in [6, 6.07) is 14.3. The van der Waals surface area contributed by atoms with Crippen molar-refractivity contribution in [1.29, 1.82) is 0 Å². The van der Waals surface area contributed by atoms with Crippen LogP contribution < -0.4 is 0 Å². The number of amides is 1. The first-order chi connectivity index (χ1) is 13.6. The van der Waals surface area contributed by atoms with E-state index in [9.17, 15) is 9.18 Å². The van der Waals surface area contributed by atoms with E-state index < -0.39 is 6.04 Å². The van der Waals surface area contributed by atoms with Gasteiger partial charge in [-0.2, -0.15) is 5.10 Å². The molecule has 0 spiro atoms. The zero-order valence-electron chi connectivity index (χ0n) is 15.4. The molecule has 0 unspecified atom stereocenters. The van der Waals surface area contributed by atoms with E-state index in [2.05, 4.69) is 21.2 Å². The minimum absolute atomic E-state index is 0.160. The highest BCUT2D eigenvalue weighted by Crippen LogP contribution is 2.40. The molecule has 4 aromatic rings. The third-order valence-corrected chi connectivity index (χ3v) is 5.54. The van der Waals surface area contributed by atoms with Crippen LogP contribution in [0.2, 0.25) is 0 Å². The maximum Gasteiger partial charge on any atom is 0.275 e. The predicted molar refractivity (Wildman–Crippen MR) is 105 cm³/mol. The molecule has 2 aromatic carbocycles. The van der Waals surface area contributed by atoms with E-state index in [1.54, 1.807) is 23.1 Å². The molecular weight excluding hydrogens is 355 g/mol. The molecule has 0 saturated carbocycles. The number of hydrogen-bond donors (Lipinski definition) is 2. The molecule has 5 nitrogen and oxygen atoms in total. The molecule has 5 rings (SSSR count). The number of fused-ring (bicyclic) bond motifs is 2. The predicted octanol–water partition coefficient (Wildman–Crippen LogP) is 4.13. The van der Waals surface area contributed by atoms with E-state index in [-0.39, 0.29) is 11.7 Å². The minimum atomic E-state index is -0.465. The Hall–Kier alpha value is -3.41. The highest BCUT2D eigenvalue weighted by molar-refractivity contribution is 5.98. The van der Waals surface area contributed by atoms with Crippen LogP contribution in [0, 0.1) is 12.7 Å². The molecule has 0 radical (unpaired) electrons. The summed E-state index contributed by atoms with van der Waals surface area (Å²) in [6.45, 7) is 2.35. The van der Waals surface area contributed by atoms with Crippen LogP contribution in [0.5, 0.6) is 0 Å². The maximum absolute atomic E-state index is 14.6. The van der Waals surface area contributed by atoms with Gasteiger partial charge in [-0.25, -0.2) is 4.39 Å². The van der Waals surface area contributed by atoms with Gasteiger partial charge in [-0.15, -0.1) is 0 Å². The molecular formula is C22H19FN4O. The first-order valence-corrected chi connectivity index (χ1v) is 9.30. The number of para-hydroxylation sites is 1. The highest BCUT2D eigenvalue weighted by Gasteiger charge is 2.42. The second kappa shape index (κ2) is 6.34. The lowest BCUT2D eigenvalue weighted by molar-refractivity contribution is 0.0744. The molecule has 2 aromatic heterocycles. The summed E-state index contributed by atoms with van der Waals surface area (Å²) in [7, 11) is 0. The first-order valence-electron chi connectivity index (χ1n) is 9.30. The van der Waals surface area contributed by atoms with E-state index >= 15 is 0 Å². The molecule has 2 N–H and O–H groups in total. The summed E-state index contributed by atoms with van der Waals surface area (Å²) < 4.78 is 14.6. The lowest BCUT2D eigenvalue weighted by Gasteiger charge is -2.26. The van der Waals surface area contributed by atoms with Crippen molar-refractivity contribution in [3.8, 4) is 0 Å². The number of aromatic amines is 2. The Balaban J connectivity index is 1.52. The molecule has 3 heterocycles. The van der Waals surface area contributed by atoms with Gasteiger partial charge < -0.3 is 9.88 Å². The number of aromatic nitrogens is 3. The van der Waals surface area contributed by atoms with Crippen LogP contribution in [0.15, 0.2) is 54.7 Å². The fourth-order valence-corrected chi connectivity index (χ4v) is 4.17. The van der Waals surface area contributed by atoms with Crippen molar-refractivity contribution in [2.24, 2.45) is 0 Å². The third kappa shape index (κ3) is 2.45. The molecule has 1 aliphatic rings. The van der Waals surface area contributed by atoms with Gasteiger partial charge in [0.25, 0.3) is 5.91 Å². The number of benzene rings is 2. The molecule has 0 aliphatic carbocycles. The molecule has 1 aliphatic heterocycles. The number of H-pyrrole nitrogens is 2. The number of halogens is 1. The van der Waals surface area contributed by atoms with Crippen molar-refractivity contribution >= 4 is 16.8 Å². The maximum atomic E-state index is 14.6. The number of carbonyl (C=O) groups is 1. The number of nitrogens with one attached hydrogen (secondary N) is 2. The zero-order chi connectivity index (χ0) is 19.3. The van der Waals surface area contributed by atoms with Crippen molar-refractivity contribution < 1.29 is 9.18 Å². The van der Waals surface area contributed by atoms with Gasteiger partial charge in [-0.05, 0) is 31.0 Å². The second-order valence-corrected chi connectivity index (χ2v) is 7.14. The summed E-state index contributed by atoms with van der Waals surface area (Å²) in [6.07, 6.45) is 2.65. The second-order valence-electron chi connectivity index (χ2n) is 7.14. The summed E-state index contributed by atoms with van der Waals surface area (Å²) in [5, 5.41) is 8.21. The Labute approximate surface area is 161 Å². The van der Waals surface area contributed by atoms with E-state index in [1.165, 1.54) is 6.07 Å². The molecule has 28 heavy (non-hydrogen) atoms. The topological polar surface area (TPSA) is 64.8 Å². The van der Waals surface area contributed by atoms with Gasteiger partial charge in [0.15, 0.2) is 5.69 Å². The summed E-state index contributed by atoms with van der Waals surface area (Å²) >= 11 is 0. The van der Waals surface area contributed by atoms with Crippen molar-refractivity contribution in [2.75, 3.05) is 6.54 Å². The standard InChI is InChI=1S/C22H19FN4O/c1-13-19-20(26-25-13)22(28)27(21(19)16-7-2-4-8-17(16)23)11-10-14-12-24-18-9-5-3-6-15(14)18/h2-9,12,21,24H,10-11H2,1H3,(H,25,26)/t21-/m0/s1. The fraction of sp³-hybridized carbons (Fsp3) is 0.182. The Morgan fingerprint density at radius 3 is 2.79 bits per heavy atom. The molecule has 0 fully saturated rings. The van der Waals surface area contributed by atoms with Crippen LogP contribution in [0.1, 0.15) is 38.9 Å². The lowest BCUT2D eigenvalue weighted by Crippen LogP contribution is -2.32. The average Bonchev–Trinajstić information content (AvgIpc) is 3.36. The van der Waals surface area contributed by atoms with Crippen molar-refractivity contribution in [3.05, 3.63) is 88.6 Å². The summed E-state index contributed by atoms with van der Waals surface area (Å²) in [4.78, 5) is 18.0. The molecule has 1 amide bonds. The number of nitrogens with zero attached hydrogens (tertiary/aromatic N) is 2. The van der Waals surface area contributed by atoms with E-state index in [0.29, 0.717) is 24.2 Å². The van der Waals surface area contributed by atoms with Crippen LogP contribution in [0.3, 0.4) is 0 Å². The largest absolute Gasteiger partial charge is 0.361 e. The van der Waals surface area contributed by atoms with Crippen LogP contribution in [-0.4, -0.2) is 32.5 Å². The molecule has 140 valence electrons. The fourth-order valence-electron chi connectivity index (χ4n) is 4.17. The third-order valence-electron chi connectivity index (χ3n) is 5.54. The monoisotopic (exact) mass is 374 g/mol. The SMILES string of the molecule is Cc1[nH]nc2c1[C@H](c1ccccc1F)N(CCc1c[nH]c3ccccc13)C2=O.